The summed E-state index contributed by atoms with van der Waals surface area (Å²) in [5.74, 6) is -1.09. The number of carboxylic acids is 1. The summed E-state index contributed by atoms with van der Waals surface area (Å²) in [6, 6.07) is 1.42. The van der Waals surface area contributed by atoms with E-state index in [0.717, 1.165) is 11.3 Å². The Balaban J connectivity index is 3.14. The zero-order valence-electron chi connectivity index (χ0n) is 11.7. The van der Waals surface area contributed by atoms with Crippen LogP contribution in [-0.4, -0.2) is 37.4 Å². The van der Waals surface area contributed by atoms with Crippen molar-refractivity contribution in [1.29, 1.82) is 0 Å². The van der Waals surface area contributed by atoms with Gasteiger partial charge in [0.05, 0.1) is 0 Å². The lowest BCUT2D eigenvalue weighted by Gasteiger charge is -2.25. The fourth-order valence-corrected chi connectivity index (χ4v) is 4.69. The summed E-state index contributed by atoms with van der Waals surface area (Å²) in [4.78, 5) is 11.0. The van der Waals surface area contributed by atoms with Crippen molar-refractivity contribution in [1.82, 2.24) is 4.31 Å². The first-order chi connectivity index (χ1) is 8.45. The summed E-state index contributed by atoms with van der Waals surface area (Å²) in [6.07, 6.45) is 0. The third kappa shape index (κ3) is 3.77. The third-order valence-corrected chi connectivity index (χ3v) is 5.93. The standard InChI is InChI=1S/C12H19NO4S2/c1-8-6-9(18-10(8)11(14)15)19(16,17)13(5)7-12(2,3)4/h6H,7H2,1-5H3,(H,14,15). The highest BCUT2D eigenvalue weighted by Gasteiger charge is 2.28. The minimum absolute atomic E-state index is 0.0720. The van der Waals surface area contributed by atoms with E-state index in [1.807, 2.05) is 20.8 Å². The summed E-state index contributed by atoms with van der Waals surface area (Å²) in [5, 5.41) is 8.97. The number of hydrogen-bond acceptors (Lipinski definition) is 4. The second-order valence-electron chi connectivity index (χ2n) is 5.70. The predicted octanol–water partition coefficient (Wildman–Crippen LogP) is 2.42. The molecule has 0 saturated heterocycles. The zero-order valence-corrected chi connectivity index (χ0v) is 13.4. The van der Waals surface area contributed by atoms with E-state index in [0.29, 0.717) is 12.1 Å². The van der Waals surface area contributed by atoms with Crippen LogP contribution in [0.3, 0.4) is 0 Å². The summed E-state index contributed by atoms with van der Waals surface area (Å²) >= 11 is 0.800. The Bertz CT molecular complexity index is 581. The molecular formula is C12H19NO4S2. The average molecular weight is 305 g/mol. The number of carbonyl (C=O) groups is 1. The van der Waals surface area contributed by atoms with Gasteiger partial charge in [0.1, 0.15) is 9.09 Å². The van der Waals surface area contributed by atoms with Crippen molar-refractivity contribution >= 4 is 27.3 Å². The van der Waals surface area contributed by atoms with Gasteiger partial charge in [0.2, 0.25) is 0 Å². The molecule has 0 aliphatic carbocycles. The molecule has 0 aromatic carbocycles. The number of thiophene rings is 1. The Morgan fingerprint density at radius 2 is 1.95 bits per heavy atom. The second-order valence-corrected chi connectivity index (χ2v) is 9.03. The normalized spacial score (nSPS) is 12.9. The fraction of sp³-hybridized carbons (Fsp3) is 0.583. The summed E-state index contributed by atoms with van der Waals surface area (Å²) < 4.78 is 26.0. The largest absolute Gasteiger partial charge is 0.477 e. The number of nitrogens with zero attached hydrogens (tertiary/aromatic N) is 1. The second kappa shape index (κ2) is 5.22. The van der Waals surface area contributed by atoms with E-state index < -0.39 is 16.0 Å². The van der Waals surface area contributed by atoms with Crippen molar-refractivity contribution < 1.29 is 18.3 Å². The van der Waals surface area contributed by atoms with Crippen molar-refractivity contribution in [2.45, 2.75) is 31.9 Å². The first kappa shape index (κ1) is 16.1. The summed E-state index contributed by atoms with van der Waals surface area (Å²) in [5.41, 5.74) is 0.309. The molecule has 0 saturated carbocycles. The van der Waals surface area contributed by atoms with Gasteiger partial charge in [-0.05, 0) is 24.0 Å². The molecule has 0 unspecified atom stereocenters. The van der Waals surface area contributed by atoms with Gasteiger partial charge in [-0.2, -0.15) is 4.31 Å². The van der Waals surface area contributed by atoms with Crippen molar-refractivity contribution in [3.05, 3.63) is 16.5 Å². The molecule has 1 aromatic rings. The molecule has 108 valence electrons. The van der Waals surface area contributed by atoms with E-state index in [4.69, 9.17) is 5.11 Å². The number of sulfonamides is 1. The highest BCUT2D eigenvalue weighted by molar-refractivity contribution is 7.91. The molecular weight excluding hydrogens is 286 g/mol. The Hall–Kier alpha value is -0.920. The maximum Gasteiger partial charge on any atom is 0.346 e. The van der Waals surface area contributed by atoms with Crippen molar-refractivity contribution in [3.63, 3.8) is 0 Å². The molecule has 0 radical (unpaired) electrons. The molecule has 7 heteroatoms. The topological polar surface area (TPSA) is 74.7 Å². The zero-order chi connectivity index (χ0) is 15.0. The molecule has 19 heavy (non-hydrogen) atoms. The molecule has 1 aromatic heterocycles. The van der Waals surface area contributed by atoms with Gasteiger partial charge < -0.3 is 5.11 Å². The first-order valence-electron chi connectivity index (χ1n) is 5.75. The van der Waals surface area contributed by atoms with Gasteiger partial charge in [0, 0.05) is 13.6 Å². The van der Waals surface area contributed by atoms with Crippen LogP contribution in [0.5, 0.6) is 0 Å². The molecule has 1 rings (SSSR count). The molecule has 1 N–H and O–H groups in total. The van der Waals surface area contributed by atoms with E-state index >= 15 is 0 Å². The highest BCUT2D eigenvalue weighted by atomic mass is 32.2. The minimum Gasteiger partial charge on any atom is -0.477 e. The van der Waals surface area contributed by atoms with Gasteiger partial charge in [-0.1, -0.05) is 20.8 Å². The molecule has 0 fully saturated rings. The summed E-state index contributed by atoms with van der Waals surface area (Å²) in [7, 11) is -2.11. The third-order valence-electron chi connectivity index (χ3n) is 2.45. The molecule has 0 spiro atoms. The van der Waals surface area contributed by atoms with E-state index in [1.54, 1.807) is 6.92 Å². The van der Waals surface area contributed by atoms with Gasteiger partial charge >= 0.3 is 5.97 Å². The number of carboxylic acid groups (broad SMARTS) is 1. The molecule has 1 heterocycles. The monoisotopic (exact) mass is 305 g/mol. The van der Waals surface area contributed by atoms with Crippen LogP contribution < -0.4 is 0 Å². The van der Waals surface area contributed by atoms with E-state index in [9.17, 15) is 13.2 Å². The van der Waals surface area contributed by atoms with Crippen LogP contribution in [0, 0.1) is 12.3 Å². The van der Waals surface area contributed by atoms with Crippen LogP contribution >= 0.6 is 11.3 Å². The van der Waals surface area contributed by atoms with Gasteiger partial charge in [-0.25, -0.2) is 13.2 Å². The molecule has 0 amide bonds. The van der Waals surface area contributed by atoms with E-state index in [-0.39, 0.29) is 14.5 Å². The molecule has 0 atom stereocenters. The number of aromatic carboxylic acids is 1. The van der Waals surface area contributed by atoms with Gasteiger partial charge in [0.15, 0.2) is 0 Å². The van der Waals surface area contributed by atoms with Crippen LogP contribution in [0.2, 0.25) is 0 Å². The van der Waals surface area contributed by atoms with Crippen LogP contribution in [0.15, 0.2) is 10.3 Å². The molecule has 5 nitrogen and oxygen atoms in total. The highest BCUT2D eigenvalue weighted by Crippen LogP contribution is 2.29. The van der Waals surface area contributed by atoms with E-state index in [2.05, 4.69) is 0 Å². The maximum absolute atomic E-state index is 12.3. The lowest BCUT2D eigenvalue weighted by Crippen LogP contribution is -2.34. The van der Waals surface area contributed by atoms with Gasteiger partial charge in [0.25, 0.3) is 10.0 Å². The van der Waals surface area contributed by atoms with Gasteiger partial charge in [-0.3, -0.25) is 0 Å². The Morgan fingerprint density at radius 3 is 2.32 bits per heavy atom. The summed E-state index contributed by atoms with van der Waals surface area (Å²) in [6.45, 7) is 7.81. The van der Waals surface area contributed by atoms with Crippen molar-refractivity contribution in [2.24, 2.45) is 5.41 Å². The van der Waals surface area contributed by atoms with Crippen molar-refractivity contribution in [3.8, 4) is 0 Å². The van der Waals surface area contributed by atoms with Crippen molar-refractivity contribution in [2.75, 3.05) is 13.6 Å². The fourth-order valence-electron chi connectivity index (χ4n) is 1.70. The minimum atomic E-state index is -3.62. The lowest BCUT2D eigenvalue weighted by molar-refractivity contribution is 0.0701. The lowest BCUT2D eigenvalue weighted by atomic mass is 9.97. The maximum atomic E-state index is 12.3. The first-order valence-corrected chi connectivity index (χ1v) is 8.01. The van der Waals surface area contributed by atoms with Crippen LogP contribution in [-0.2, 0) is 10.0 Å². The predicted molar refractivity (Wildman–Crippen MR) is 75.3 cm³/mol. The van der Waals surface area contributed by atoms with Crippen LogP contribution in [0.4, 0.5) is 0 Å². The smallest absolute Gasteiger partial charge is 0.346 e. The number of hydrogen-bond donors (Lipinski definition) is 1. The van der Waals surface area contributed by atoms with E-state index in [1.165, 1.54) is 17.4 Å². The molecule has 0 bridgehead atoms. The quantitative estimate of drug-likeness (QED) is 0.927. The SMILES string of the molecule is Cc1cc(S(=O)(=O)N(C)CC(C)(C)C)sc1C(=O)O. The molecule has 0 aliphatic rings. The van der Waals surface area contributed by atoms with Crippen LogP contribution in [0.25, 0.3) is 0 Å². The number of aryl methyl sites for hydroxylation is 1. The Morgan fingerprint density at radius 1 is 1.42 bits per heavy atom. The Labute approximate surface area is 117 Å². The van der Waals surface area contributed by atoms with Gasteiger partial charge in [-0.15, -0.1) is 11.3 Å². The van der Waals surface area contributed by atoms with Crippen LogP contribution in [0.1, 0.15) is 36.0 Å². The number of rotatable bonds is 4. The molecule has 0 aliphatic heterocycles. The Kier molecular flexibility index (Phi) is 4.44. The average Bonchev–Trinajstić information content (AvgIpc) is 2.58.